The molecule has 0 bridgehead atoms. The van der Waals surface area contributed by atoms with E-state index in [1.165, 1.54) is 5.56 Å². The van der Waals surface area contributed by atoms with Crippen LogP contribution in [0.3, 0.4) is 0 Å². The zero-order valence-electron chi connectivity index (χ0n) is 16.7. The highest BCUT2D eigenvalue weighted by atomic mass is 16.3. The Hall–Kier alpha value is -2.32. The molecule has 0 saturated carbocycles. The molecule has 1 aromatic carbocycles. The van der Waals surface area contributed by atoms with Crippen molar-refractivity contribution in [3.05, 3.63) is 66.1 Å². The first-order valence-corrected chi connectivity index (χ1v) is 10.2. The van der Waals surface area contributed by atoms with Crippen molar-refractivity contribution in [3.63, 3.8) is 0 Å². The van der Waals surface area contributed by atoms with E-state index in [1.54, 1.807) is 12.4 Å². The third kappa shape index (κ3) is 4.18. The maximum atomic E-state index is 10.0. The van der Waals surface area contributed by atoms with Gasteiger partial charge < -0.3 is 15.1 Å². The quantitative estimate of drug-likeness (QED) is 0.712. The third-order valence-corrected chi connectivity index (χ3v) is 6.01. The summed E-state index contributed by atoms with van der Waals surface area (Å²) < 4.78 is 0. The maximum absolute atomic E-state index is 10.0. The fraction of sp³-hybridized carbons (Fsp3) is 0.455. The molecule has 2 unspecified atom stereocenters. The molecular formula is C22H29N5O2. The first-order valence-electron chi connectivity index (χ1n) is 10.2. The standard InChI is InChI=1S/C22H29N5O2/c1-2-21(29)25-10-12-26(13-11-25)22-18-8-9-27(14-19(18)23-16-24-22)20(15-28)17-6-4-3-5-7-17/h2-7,16,20-21,28-29H,1,8-15H2. The predicted molar refractivity (Wildman–Crippen MR) is 112 cm³/mol. The van der Waals surface area contributed by atoms with Crippen LogP contribution in [0.1, 0.15) is 22.9 Å². The molecule has 2 aromatic rings. The zero-order valence-corrected chi connectivity index (χ0v) is 16.7. The van der Waals surface area contributed by atoms with Gasteiger partial charge in [-0.25, -0.2) is 9.97 Å². The van der Waals surface area contributed by atoms with Crippen LogP contribution in [0.25, 0.3) is 0 Å². The van der Waals surface area contributed by atoms with E-state index >= 15 is 0 Å². The zero-order chi connectivity index (χ0) is 20.2. The smallest absolute Gasteiger partial charge is 0.135 e. The van der Waals surface area contributed by atoms with Gasteiger partial charge in [0.1, 0.15) is 18.4 Å². The summed E-state index contributed by atoms with van der Waals surface area (Å²) in [4.78, 5) is 15.8. The Morgan fingerprint density at radius 2 is 1.79 bits per heavy atom. The molecule has 0 aliphatic carbocycles. The molecule has 1 aromatic heterocycles. The molecule has 0 amide bonds. The van der Waals surface area contributed by atoms with E-state index in [2.05, 4.69) is 38.5 Å². The van der Waals surface area contributed by atoms with Gasteiger partial charge in [0.05, 0.1) is 18.3 Å². The van der Waals surface area contributed by atoms with Crippen LogP contribution in [-0.4, -0.2) is 75.5 Å². The highest BCUT2D eigenvalue weighted by molar-refractivity contribution is 5.50. The van der Waals surface area contributed by atoms with Crippen LogP contribution in [-0.2, 0) is 13.0 Å². The molecule has 4 rings (SSSR count). The lowest BCUT2D eigenvalue weighted by atomic mass is 9.99. The Bertz CT molecular complexity index is 823. The summed E-state index contributed by atoms with van der Waals surface area (Å²) in [7, 11) is 0. The van der Waals surface area contributed by atoms with Gasteiger partial charge in [0.15, 0.2) is 0 Å². The predicted octanol–water partition coefficient (Wildman–Crippen LogP) is 1.19. The van der Waals surface area contributed by atoms with Crippen LogP contribution in [0.4, 0.5) is 5.82 Å². The van der Waals surface area contributed by atoms with Gasteiger partial charge in [0, 0.05) is 44.8 Å². The summed E-state index contributed by atoms with van der Waals surface area (Å²) in [5.74, 6) is 1.02. The van der Waals surface area contributed by atoms with E-state index in [1.807, 2.05) is 23.1 Å². The summed E-state index contributed by atoms with van der Waals surface area (Å²) >= 11 is 0. The van der Waals surface area contributed by atoms with Crippen molar-refractivity contribution in [2.75, 3.05) is 44.2 Å². The lowest BCUT2D eigenvalue weighted by Crippen LogP contribution is -2.50. The van der Waals surface area contributed by atoms with Gasteiger partial charge in [0.25, 0.3) is 0 Å². The van der Waals surface area contributed by atoms with Crippen LogP contribution >= 0.6 is 0 Å². The Morgan fingerprint density at radius 1 is 1.03 bits per heavy atom. The molecule has 1 saturated heterocycles. The first kappa shape index (κ1) is 20.0. The summed E-state index contributed by atoms with van der Waals surface area (Å²) in [6, 6.07) is 10.1. The Morgan fingerprint density at radius 3 is 2.48 bits per heavy atom. The Labute approximate surface area is 171 Å². The fourth-order valence-corrected chi connectivity index (χ4v) is 4.35. The molecular weight excluding hydrogens is 366 g/mol. The van der Waals surface area contributed by atoms with E-state index < -0.39 is 6.23 Å². The van der Waals surface area contributed by atoms with Crippen molar-refractivity contribution in [2.45, 2.75) is 25.2 Å². The molecule has 3 heterocycles. The Balaban J connectivity index is 1.49. The van der Waals surface area contributed by atoms with E-state index in [9.17, 15) is 10.2 Å². The second kappa shape index (κ2) is 9.00. The maximum Gasteiger partial charge on any atom is 0.135 e. The van der Waals surface area contributed by atoms with Crippen LogP contribution < -0.4 is 4.90 Å². The number of hydrogen-bond donors (Lipinski definition) is 2. The van der Waals surface area contributed by atoms with Gasteiger partial charge in [0.2, 0.25) is 0 Å². The minimum atomic E-state index is -0.585. The second-order valence-corrected chi connectivity index (χ2v) is 7.62. The van der Waals surface area contributed by atoms with Crippen molar-refractivity contribution in [3.8, 4) is 0 Å². The second-order valence-electron chi connectivity index (χ2n) is 7.62. The number of rotatable bonds is 6. The number of piperazine rings is 1. The van der Waals surface area contributed by atoms with Crippen LogP contribution in [0.2, 0.25) is 0 Å². The number of anilines is 1. The highest BCUT2D eigenvalue weighted by Gasteiger charge is 2.29. The third-order valence-electron chi connectivity index (χ3n) is 6.01. The minimum absolute atomic E-state index is 0.0216. The molecule has 1 fully saturated rings. The largest absolute Gasteiger partial charge is 0.394 e. The van der Waals surface area contributed by atoms with Crippen molar-refractivity contribution in [1.29, 1.82) is 0 Å². The number of nitrogens with zero attached hydrogens (tertiary/aromatic N) is 5. The molecule has 29 heavy (non-hydrogen) atoms. The summed E-state index contributed by atoms with van der Waals surface area (Å²) in [5.41, 5.74) is 3.39. The normalized spacial score (nSPS) is 20.1. The van der Waals surface area contributed by atoms with Crippen LogP contribution in [0.5, 0.6) is 0 Å². The van der Waals surface area contributed by atoms with Crippen LogP contribution in [0, 0.1) is 0 Å². The van der Waals surface area contributed by atoms with Crippen molar-refractivity contribution < 1.29 is 10.2 Å². The lowest BCUT2D eigenvalue weighted by Gasteiger charge is -2.39. The van der Waals surface area contributed by atoms with E-state index in [0.717, 1.165) is 56.2 Å². The lowest BCUT2D eigenvalue weighted by molar-refractivity contribution is 0.0379. The molecule has 7 nitrogen and oxygen atoms in total. The summed E-state index contributed by atoms with van der Waals surface area (Å²) in [5, 5.41) is 20.0. The van der Waals surface area contributed by atoms with Gasteiger partial charge in [-0.1, -0.05) is 36.9 Å². The molecule has 154 valence electrons. The number of aliphatic hydroxyl groups excluding tert-OH is 2. The Kier molecular flexibility index (Phi) is 6.20. The molecule has 0 spiro atoms. The molecule has 2 N–H and O–H groups in total. The number of aliphatic hydroxyl groups is 2. The summed E-state index contributed by atoms with van der Waals surface area (Å²) in [6.07, 6.45) is 3.50. The molecule has 2 atom stereocenters. The van der Waals surface area contributed by atoms with Gasteiger partial charge in [-0.15, -0.1) is 0 Å². The molecule has 2 aliphatic rings. The average molecular weight is 396 g/mol. The van der Waals surface area contributed by atoms with Gasteiger partial charge in [-0.2, -0.15) is 0 Å². The van der Waals surface area contributed by atoms with E-state index in [4.69, 9.17) is 0 Å². The van der Waals surface area contributed by atoms with Crippen molar-refractivity contribution in [1.82, 2.24) is 19.8 Å². The van der Waals surface area contributed by atoms with E-state index in [0.29, 0.717) is 6.54 Å². The number of aromatic nitrogens is 2. The van der Waals surface area contributed by atoms with E-state index in [-0.39, 0.29) is 12.6 Å². The molecule has 0 radical (unpaired) electrons. The molecule has 2 aliphatic heterocycles. The molecule has 7 heteroatoms. The monoisotopic (exact) mass is 395 g/mol. The summed E-state index contributed by atoms with van der Waals surface area (Å²) in [6.45, 7) is 8.53. The number of fused-ring (bicyclic) bond motifs is 1. The topological polar surface area (TPSA) is 76.0 Å². The SMILES string of the molecule is C=CC(O)N1CCN(c2ncnc3c2CCN(C(CO)c2ccccc2)C3)CC1. The van der Waals surface area contributed by atoms with Crippen molar-refractivity contribution in [2.24, 2.45) is 0 Å². The average Bonchev–Trinajstić information content (AvgIpc) is 2.79. The fourth-order valence-electron chi connectivity index (χ4n) is 4.35. The number of hydrogen-bond acceptors (Lipinski definition) is 7. The van der Waals surface area contributed by atoms with Crippen LogP contribution in [0.15, 0.2) is 49.3 Å². The van der Waals surface area contributed by atoms with Gasteiger partial charge in [-0.05, 0) is 18.1 Å². The van der Waals surface area contributed by atoms with Gasteiger partial charge >= 0.3 is 0 Å². The minimum Gasteiger partial charge on any atom is -0.394 e. The highest BCUT2D eigenvalue weighted by Crippen LogP contribution is 2.31. The van der Waals surface area contributed by atoms with Gasteiger partial charge in [-0.3, -0.25) is 9.80 Å². The first-order chi connectivity index (χ1) is 14.2. The van der Waals surface area contributed by atoms with Crippen molar-refractivity contribution >= 4 is 5.82 Å². The number of benzene rings is 1.